The lowest BCUT2D eigenvalue weighted by molar-refractivity contribution is 0.444. The Morgan fingerprint density at radius 3 is 1.27 bits per heavy atom. The molecule has 0 bridgehead atoms. The van der Waals surface area contributed by atoms with Crippen LogP contribution in [0.15, 0.2) is 36.4 Å². The summed E-state index contributed by atoms with van der Waals surface area (Å²) in [6.07, 6.45) is 4.00. The van der Waals surface area contributed by atoms with Crippen LogP contribution in [0.4, 0.5) is 0 Å². The van der Waals surface area contributed by atoms with Crippen molar-refractivity contribution in [2.24, 2.45) is 0 Å². The Hall–Kier alpha value is -2.94. The number of hydrogen-bond donors (Lipinski definition) is 3. The summed E-state index contributed by atoms with van der Waals surface area (Å²) in [4.78, 5) is 0. The van der Waals surface area contributed by atoms with Gasteiger partial charge in [0.25, 0.3) is 0 Å². The van der Waals surface area contributed by atoms with Crippen molar-refractivity contribution in [2.75, 3.05) is 0 Å². The van der Waals surface area contributed by atoms with E-state index in [4.69, 9.17) is 0 Å². The van der Waals surface area contributed by atoms with E-state index in [1.807, 2.05) is 18.2 Å². The number of aromatic hydroxyl groups is 3. The maximum absolute atomic E-state index is 10.9. The second-order valence-corrected chi connectivity index (χ2v) is 15.3. The molecule has 0 spiro atoms. The van der Waals surface area contributed by atoms with Gasteiger partial charge in [-0.1, -0.05) is 86.9 Å². The molecule has 0 unspecified atom stereocenters. The van der Waals surface area contributed by atoms with Gasteiger partial charge >= 0.3 is 0 Å². The Kier molecular flexibility index (Phi) is 9.33. The van der Waals surface area contributed by atoms with Gasteiger partial charge in [0.2, 0.25) is 0 Å². The molecular weight excluding hydrogens is 504 g/mol. The third kappa shape index (κ3) is 7.48. The molecule has 41 heavy (non-hydrogen) atoms. The average Bonchev–Trinajstić information content (AvgIpc) is 2.79. The molecule has 0 atom stereocenters. The van der Waals surface area contributed by atoms with Gasteiger partial charge in [0.05, 0.1) is 0 Å². The number of hydrogen-bond acceptors (Lipinski definition) is 3. The van der Waals surface area contributed by atoms with E-state index in [0.29, 0.717) is 17.2 Å². The average molecular weight is 559 g/mol. The maximum atomic E-state index is 10.9. The quantitative estimate of drug-likeness (QED) is 0.253. The van der Waals surface area contributed by atoms with Gasteiger partial charge in [-0.25, -0.2) is 0 Å². The number of unbranched alkanes of at least 4 members (excludes halogenated alkanes) is 1. The minimum Gasteiger partial charge on any atom is -0.508 e. The van der Waals surface area contributed by atoms with Crippen LogP contribution in [0.3, 0.4) is 0 Å². The van der Waals surface area contributed by atoms with E-state index in [1.165, 1.54) is 16.7 Å². The van der Waals surface area contributed by atoms with E-state index in [9.17, 15) is 15.3 Å². The fraction of sp³-hybridized carbons (Fsp3) is 0.526. The van der Waals surface area contributed by atoms with Crippen LogP contribution in [0.5, 0.6) is 17.2 Å². The molecule has 0 aliphatic heterocycles. The Bertz CT molecular complexity index is 1320. The van der Waals surface area contributed by atoms with Crippen LogP contribution in [0, 0.1) is 20.8 Å². The maximum Gasteiger partial charge on any atom is 0.119 e. The summed E-state index contributed by atoms with van der Waals surface area (Å²) in [6.45, 7) is 25.6. The molecule has 3 aromatic carbocycles. The number of rotatable bonds is 7. The summed E-state index contributed by atoms with van der Waals surface area (Å²) >= 11 is 0. The van der Waals surface area contributed by atoms with Gasteiger partial charge in [-0.2, -0.15) is 0 Å². The Morgan fingerprint density at radius 2 is 0.878 bits per heavy atom. The van der Waals surface area contributed by atoms with E-state index in [-0.39, 0.29) is 22.2 Å². The normalized spacial score (nSPS) is 12.8. The van der Waals surface area contributed by atoms with Gasteiger partial charge in [-0.3, -0.25) is 0 Å². The third-order valence-electron chi connectivity index (χ3n) is 8.59. The summed E-state index contributed by atoms with van der Waals surface area (Å²) in [7, 11) is 0. The molecule has 0 fully saturated rings. The van der Waals surface area contributed by atoms with Crippen LogP contribution in [-0.4, -0.2) is 15.3 Å². The molecule has 0 heterocycles. The molecular formula is C38H54O3. The lowest BCUT2D eigenvalue weighted by atomic mass is 9.76. The molecule has 3 N–H and O–H groups in total. The van der Waals surface area contributed by atoms with E-state index in [1.54, 1.807) is 0 Å². The van der Waals surface area contributed by atoms with E-state index < -0.39 is 0 Å². The molecule has 0 amide bonds. The number of benzene rings is 3. The van der Waals surface area contributed by atoms with Crippen molar-refractivity contribution in [1.29, 1.82) is 0 Å². The molecule has 3 heteroatoms. The smallest absolute Gasteiger partial charge is 0.119 e. The molecule has 0 aliphatic carbocycles. The number of phenols is 3. The Morgan fingerprint density at radius 1 is 0.512 bits per heavy atom. The first-order valence-electron chi connectivity index (χ1n) is 15.2. The highest BCUT2D eigenvalue weighted by Crippen LogP contribution is 2.43. The summed E-state index contributed by atoms with van der Waals surface area (Å²) < 4.78 is 0. The van der Waals surface area contributed by atoms with Crippen molar-refractivity contribution < 1.29 is 15.3 Å². The van der Waals surface area contributed by atoms with Crippen LogP contribution >= 0.6 is 0 Å². The second kappa shape index (κ2) is 11.7. The molecule has 0 aliphatic rings. The predicted octanol–water partition coefficient (Wildman–Crippen LogP) is 10.2. The third-order valence-corrected chi connectivity index (χ3v) is 8.59. The van der Waals surface area contributed by atoms with Crippen LogP contribution in [0.1, 0.15) is 138 Å². The standard InChI is InChI=1S/C38H54O3/c1-23-17-33(39)30(36(4,5)6)20-26(23)15-13-14-16-27(28-21-31(37(7,8)9)34(40)18-24(28)2)29-22-32(38(10,11)12)35(41)19-25(29)3/h17-22,27,39-41H,13-16H2,1-12H3. The van der Waals surface area contributed by atoms with Gasteiger partial charge < -0.3 is 15.3 Å². The minimum absolute atomic E-state index is 0.111. The molecule has 3 aromatic rings. The highest BCUT2D eigenvalue weighted by molar-refractivity contribution is 5.53. The summed E-state index contributed by atoms with van der Waals surface area (Å²) in [5, 5.41) is 32.3. The van der Waals surface area contributed by atoms with Crippen molar-refractivity contribution in [2.45, 2.75) is 131 Å². The van der Waals surface area contributed by atoms with Gasteiger partial charge in [-0.15, -0.1) is 0 Å². The van der Waals surface area contributed by atoms with Crippen molar-refractivity contribution in [3.8, 4) is 17.2 Å². The zero-order chi connectivity index (χ0) is 31.1. The first-order chi connectivity index (χ1) is 18.7. The first-order valence-corrected chi connectivity index (χ1v) is 15.2. The summed E-state index contributed by atoms with van der Waals surface area (Å²) in [5.41, 5.74) is 9.57. The fourth-order valence-corrected chi connectivity index (χ4v) is 6.12. The highest BCUT2D eigenvalue weighted by atomic mass is 16.3. The van der Waals surface area contributed by atoms with E-state index in [0.717, 1.165) is 59.1 Å². The van der Waals surface area contributed by atoms with E-state index in [2.05, 4.69) is 101 Å². The molecule has 224 valence electrons. The summed E-state index contributed by atoms with van der Waals surface area (Å²) in [5.74, 6) is 1.23. The zero-order valence-electron chi connectivity index (χ0n) is 27.7. The molecule has 0 aromatic heterocycles. The Balaban J connectivity index is 2.03. The lowest BCUT2D eigenvalue weighted by Crippen LogP contribution is -2.16. The minimum atomic E-state index is -0.182. The van der Waals surface area contributed by atoms with Gasteiger partial charge in [0.15, 0.2) is 0 Å². The van der Waals surface area contributed by atoms with E-state index >= 15 is 0 Å². The van der Waals surface area contributed by atoms with Crippen LogP contribution in [0.2, 0.25) is 0 Å². The van der Waals surface area contributed by atoms with Crippen molar-refractivity contribution >= 4 is 0 Å². The van der Waals surface area contributed by atoms with Gasteiger partial charge in [0, 0.05) is 5.92 Å². The first kappa shape index (κ1) is 32.6. The SMILES string of the molecule is Cc1cc(O)c(C(C)(C)C)cc1CCCCC(c1cc(C(C)(C)C)c(O)cc1C)c1cc(C(C)(C)C)c(O)cc1C. The predicted molar refractivity (Wildman–Crippen MR) is 174 cm³/mol. The largest absolute Gasteiger partial charge is 0.508 e. The fourth-order valence-electron chi connectivity index (χ4n) is 6.12. The van der Waals surface area contributed by atoms with Crippen molar-refractivity contribution in [1.82, 2.24) is 0 Å². The monoisotopic (exact) mass is 558 g/mol. The van der Waals surface area contributed by atoms with Crippen molar-refractivity contribution in [3.05, 3.63) is 86.5 Å². The molecule has 3 nitrogen and oxygen atoms in total. The van der Waals surface area contributed by atoms with Crippen LogP contribution < -0.4 is 0 Å². The Labute approximate surface area is 249 Å². The van der Waals surface area contributed by atoms with Gasteiger partial charge in [0.1, 0.15) is 17.2 Å². The number of aryl methyl sites for hydroxylation is 4. The zero-order valence-corrected chi connectivity index (χ0v) is 27.7. The van der Waals surface area contributed by atoms with Crippen molar-refractivity contribution in [3.63, 3.8) is 0 Å². The molecule has 0 radical (unpaired) electrons. The second-order valence-electron chi connectivity index (χ2n) is 15.3. The van der Waals surface area contributed by atoms with Gasteiger partial charge in [-0.05, 0) is 125 Å². The van der Waals surface area contributed by atoms with Crippen LogP contribution in [0.25, 0.3) is 0 Å². The highest BCUT2D eigenvalue weighted by Gasteiger charge is 2.27. The molecule has 0 saturated heterocycles. The number of phenolic OH excluding ortho intramolecular Hbond substituents is 3. The molecule has 3 rings (SSSR count). The lowest BCUT2D eigenvalue weighted by Gasteiger charge is -2.29. The summed E-state index contributed by atoms with van der Waals surface area (Å²) in [6, 6.07) is 12.4. The topological polar surface area (TPSA) is 60.7 Å². The molecule has 0 saturated carbocycles. The van der Waals surface area contributed by atoms with Crippen LogP contribution in [-0.2, 0) is 22.7 Å².